The van der Waals surface area contributed by atoms with Gasteiger partial charge in [0.2, 0.25) is 10.0 Å². The summed E-state index contributed by atoms with van der Waals surface area (Å²) in [7, 11) is 2.20. The van der Waals surface area contributed by atoms with Crippen molar-refractivity contribution in [1.29, 1.82) is 0 Å². The van der Waals surface area contributed by atoms with Gasteiger partial charge in [0.1, 0.15) is 43.7 Å². The number of methoxy groups -OCH3 is 2. The summed E-state index contributed by atoms with van der Waals surface area (Å²) >= 11 is 0. The van der Waals surface area contributed by atoms with E-state index in [4.69, 9.17) is 56.9 Å². The van der Waals surface area contributed by atoms with Crippen LogP contribution in [0.25, 0.3) is 0 Å². The van der Waals surface area contributed by atoms with Gasteiger partial charge in [0.05, 0.1) is 65.1 Å². The molecule has 1 aromatic carbocycles. The Balaban J connectivity index is 1.71. The average molecular weight is 1240 g/mol. The van der Waals surface area contributed by atoms with Crippen molar-refractivity contribution in [3.05, 3.63) is 30.3 Å². The molecule has 4 saturated heterocycles. The lowest BCUT2D eigenvalue weighted by Gasteiger charge is -2.45. The molecule has 0 radical (unpaired) electrons. The number of alkyl carbamates (subject to hydrolysis) is 1. The van der Waals surface area contributed by atoms with E-state index in [1.54, 1.807) is 80.5 Å². The fourth-order valence-corrected chi connectivity index (χ4v) is 13.5. The highest BCUT2D eigenvalue weighted by Gasteiger charge is 2.53. The zero-order valence-electron chi connectivity index (χ0n) is 54.1. The number of oxime groups is 1. The van der Waals surface area contributed by atoms with Gasteiger partial charge in [-0.15, -0.1) is 0 Å². The fourth-order valence-electron chi connectivity index (χ4n) is 12.3. The SMILES string of the molecule is CON=C1C[C@@H](C)O[C@@H](O[C@@H]2[C@@H](C)[C@H](O[C@H]3C[C@@H](C)N(C)C[C@H](C)O3)[C@@H](C)C(=O)O[C@H](C(C)CO[C@@H]3O[C@H](C)[C@@H](O)[C@@H](OC)[C@H]3OC)[C@H](C)[C@@H](OC(=O)CC(C)C)[C@@H](C)C(=O)[C@@](C)(OC(=O)NC(C)(C)CNS(=O)(=O)c3ccccc3)C[C@@H]2C)[C@@H]1O. The molecule has 22 atom stereocenters. The highest BCUT2D eigenvalue weighted by atomic mass is 32.2. The number of carbonyl (C=O) groups is 4. The number of Topliss-reactive ketones (excluding diaryl/α,β-unsaturated/α-hetero) is 1. The fraction of sp³-hybridized carbons (Fsp3) is 0.820. The molecule has 0 aromatic heterocycles. The molecule has 1 unspecified atom stereocenters. The van der Waals surface area contributed by atoms with Gasteiger partial charge < -0.3 is 77.4 Å². The summed E-state index contributed by atoms with van der Waals surface area (Å²) < 4.78 is 99.8. The van der Waals surface area contributed by atoms with Crippen molar-refractivity contribution in [3.63, 3.8) is 0 Å². The van der Waals surface area contributed by atoms with Gasteiger partial charge in [-0.25, -0.2) is 17.9 Å². The molecule has 4 N–H and O–H groups in total. The molecule has 4 fully saturated rings. The number of ketones is 1. The molecule has 24 nitrogen and oxygen atoms in total. The van der Waals surface area contributed by atoms with E-state index < -0.39 is 160 Å². The number of amides is 1. The first-order chi connectivity index (χ1) is 40.2. The van der Waals surface area contributed by atoms with Gasteiger partial charge in [-0.3, -0.25) is 14.4 Å². The summed E-state index contributed by atoms with van der Waals surface area (Å²) in [5.74, 6) is -8.09. The van der Waals surface area contributed by atoms with Gasteiger partial charge in [-0.2, -0.15) is 0 Å². The lowest BCUT2D eigenvalue weighted by atomic mass is 9.74. The number of aliphatic hydroxyl groups is 2. The molecule has 4 aliphatic rings. The zero-order valence-corrected chi connectivity index (χ0v) is 54.9. The van der Waals surface area contributed by atoms with E-state index in [0.717, 1.165) is 0 Å². The Morgan fingerprint density at radius 2 is 1.49 bits per heavy atom. The number of nitrogens with one attached hydrogen (secondary N) is 2. The summed E-state index contributed by atoms with van der Waals surface area (Å²) in [5, 5.41) is 29.7. The van der Waals surface area contributed by atoms with Crippen LogP contribution in [0.1, 0.15) is 130 Å². The standard InChI is InChI=1S/C61H102N4O20S/c1-32(2)25-45(66)81-51-39(9)50(34(4)30-77-58-54(75-18)53(74-17)47(67)42(12)80-58)83-56(70)41(11)52(82-46-26-35(5)65(16)29-37(7)78-46)38(8)49(84-57-48(68)44(64-76-19)27-36(6)79-57)33(3)28-61(15,55(69)40(51)10)85-59(71)63-60(13,14)31-62-86(72,73)43-23-21-20-22-24-43/h20-24,32-42,46-54,57-58,62,67-68H,25-31H2,1-19H3,(H,63,71)/t33-,34?,35+,36+,37-,38+,39-,40+,41+,42+,46-,47+,48+,49-,50+,51+,52-,53+,54+,57-,58+,61-/m0/s1. The van der Waals surface area contributed by atoms with E-state index in [-0.39, 0.29) is 61.1 Å². The summed E-state index contributed by atoms with van der Waals surface area (Å²) in [4.78, 5) is 67.6. The quantitative estimate of drug-likeness (QED) is 0.0685. The summed E-state index contributed by atoms with van der Waals surface area (Å²) in [5.41, 5.74) is -3.19. The molecule has 1 aromatic rings. The molecule has 0 saturated carbocycles. The number of cyclic esters (lactones) is 1. The average Bonchev–Trinajstić information content (AvgIpc) is 1.77. The maximum absolute atomic E-state index is 16.0. The molecule has 4 heterocycles. The largest absolute Gasteiger partial charge is 0.461 e. The van der Waals surface area contributed by atoms with Gasteiger partial charge in [0.15, 0.2) is 30.3 Å². The minimum absolute atomic E-state index is 0.0128. The molecule has 25 heteroatoms. The summed E-state index contributed by atoms with van der Waals surface area (Å²) in [6.45, 7) is 26.2. The van der Waals surface area contributed by atoms with E-state index >= 15 is 9.59 Å². The number of aliphatic hydroxyl groups excluding tert-OH is 2. The molecule has 492 valence electrons. The van der Waals surface area contributed by atoms with Crippen LogP contribution in [-0.2, 0) is 81.3 Å². The Bertz CT molecular complexity index is 2490. The van der Waals surface area contributed by atoms with Crippen LogP contribution in [0, 0.1) is 41.4 Å². The van der Waals surface area contributed by atoms with Crippen LogP contribution in [0.2, 0.25) is 0 Å². The minimum Gasteiger partial charge on any atom is -0.461 e. The number of nitrogens with zero attached hydrogens (tertiary/aromatic N) is 2. The smallest absolute Gasteiger partial charge is 0.408 e. The molecular formula is C61H102N4O20S. The third-order valence-electron chi connectivity index (χ3n) is 17.1. The normalized spacial score (nSPS) is 37.6. The van der Waals surface area contributed by atoms with Crippen LogP contribution < -0.4 is 10.0 Å². The van der Waals surface area contributed by atoms with Crippen molar-refractivity contribution in [3.8, 4) is 0 Å². The van der Waals surface area contributed by atoms with E-state index in [2.05, 4.69) is 20.1 Å². The second kappa shape index (κ2) is 31.7. The van der Waals surface area contributed by atoms with Crippen molar-refractivity contribution in [2.24, 2.45) is 46.6 Å². The molecule has 5 rings (SSSR count). The molecule has 4 aliphatic heterocycles. The van der Waals surface area contributed by atoms with Crippen LogP contribution in [0.4, 0.5) is 4.79 Å². The first kappa shape index (κ1) is 72.8. The van der Waals surface area contributed by atoms with Crippen molar-refractivity contribution in [2.75, 3.05) is 48.1 Å². The number of likely N-dealkylation sites (N-methyl/N-ethyl adjacent to an activating group) is 1. The van der Waals surface area contributed by atoms with Gasteiger partial charge in [-0.1, -0.05) is 71.8 Å². The van der Waals surface area contributed by atoms with E-state index in [0.29, 0.717) is 13.0 Å². The Kier molecular flexibility index (Phi) is 26.8. The van der Waals surface area contributed by atoms with Crippen molar-refractivity contribution < 1.29 is 94.8 Å². The van der Waals surface area contributed by atoms with Gasteiger partial charge >= 0.3 is 18.0 Å². The maximum Gasteiger partial charge on any atom is 0.408 e. The van der Waals surface area contributed by atoms with Gasteiger partial charge in [0.25, 0.3) is 0 Å². The molecule has 0 spiro atoms. The molecule has 0 aliphatic carbocycles. The highest BCUT2D eigenvalue weighted by Crippen LogP contribution is 2.41. The number of hydrogen-bond donors (Lipinski definition) is 4. The predicted molar refractivity (Wildman–Crippen MR) is 316 cm³/mol. The van der Waals surface area contributed by atoms with Gasteiger partial charge in [-0.05, 0) is 92.8 Å². The van der Waals surface area contributed by atoms with Crippen LogP contribution >= 0.6 is 0 Å². The summed E-state index contributed by atoms with van der Waals surface area (Å²) in [6, 6.07) is 7.71. The first-order valence-corrected chi connectivity index (χ1v) is 31.8. The second-order valence-electron chi connectivity index (χ2n) is 25.8. The van der Waals surface area contributed by atoms with E-state index in [1.165, 1.54) is 40.4 Å². The number of esters is 2. The van der Waals surface area contributed by atoms with Crippen molar-refractivity contribution in [1.82, 2.24) is 14.9 Å². The second-order valence-corrected chi connectivity index (χ2v) is 27.6. The topological polar surface area (TPSA) is 293 Å². The predicted octanol–water partition coefficient (Wildman–Crippen LogP) is 5.76. The Morgan fingerprint density at radius 3 is 2.10 bits per heavy atom. The maximum atomic E-state index is 16.0. The lowest BCUT2D eigenvalue weighted by molar-refractivity contribution is -0.305. The van der Waals surface area contributed by atoms with Crippen LogP contribution in [0.15, 0.2) is 40.4 Å². The van der Waals surface area contributed by atoms with E-state index in [9.17, 15) is 28.2 Å². The van der Waals surface area contributed by atoms with Crippen molar-refractivity contribution >= 4 is 39.6 Å². The Hall–Kier alpha value is -3.96. The van der Waals surface area contributed by atoms with Crippen LogP contribution in [0.5, 0.6) is 0 Å². The number of benzene rings is 1. The Labute approximate surface area is 510 Å². The van der Waals surface area contributed by atoms with Gasteiger partial charge in [0, 0.05) is 70.4 Å². The number of sulfonamides is 1. The monoisotopic (exact) mass is 1240 g/mol. The minimum atomic E-state index is -4.03. The third kappa shape index (κ3) is 19.0. The number of carbonyl (C=O) groups excluding carboxylic acids is 4. The molecular weight excluding hydrogens is 1140 g/mol. The zero-order chi connectivity index (χ0) is 64.3. The highest BCUT2D eigenvalue weighted by molar-refractivity contribution is 7.89. The number of hydrogen-bond acceptors (Lipinski definition) is 22. The van der Waals surface area contributed by atoms with Crippen molar-refractivity contribution in [2.45, 2.75) is 238 Å². The third-order valence-corrected chi connectivity index (χ3v) is 18.5. The molecule has 1 amide bonds. The van der Waals surface area contributed by atoms with Crippen LogP contribution in [0.3, 0.4) is 0 Å². The number of rotatable bonds is 20. The lowest BCUT2D eigenvalue weighted by Crippen LogP contribution is -2.59. The van der Waals surface area contributed by atoms with Crippen LogP contribution in [-0.4, -0.2) is 204 Å². The van der Waals surface area contributed by atoms with E-state index in [1.807, 2.05) is 41.7 Å². The summed E-state index contributed by atoms with van der Waals surface area (Å²) in [6.07, 6.45) is -14.7. The molecule has 86 heavy (non-hydrogen) atoms. The first-order valence-electron chi connectivity index (χ1n) is 30.3. The Morgan fingerprint density at radius 1 is 0.837 bits per heavy atom. The molecule has 0 bridgehead atoms. The number of ether oxygens (including phenoxy) is 11.